The van der Waals surface area contributed by atoms with E-state index in [1.54, 1.807) is 11.8 Å². The number of fused-ring (bicyclic) bond motifs is 1. The highest BCUT2D eigenvalue weighted by Crippen LogP contribution is 2.43. The molecule has 0 bridgehead atoms. The van der Waals surface area contributed by atoms with Crippen LogP contribution in [0.5, 0.6) is 11.5 Å². The molecule has 2 aliphatic heterocycles. The zero-order chi connectivity index (χ0) is 26.7. The third-order valence-corrected chi connectivity index (χ3v) is 8.09. The summed E-state index contributed by atoms with van der Waals surface area (Å²) < 4.78 is 53.0. The maximum Gasteiger partial charge on any atom is 0.416 e. The van der Waals surface area contributed by atoms with E-state index >= 15 is 0 Å². The fourth-order valence-electron chi connectivity index (χ4n) is 4.98. The van der Waals surface area contributed by atoms with Crippen molar-refractivity contribution in [1.82, 2.24) is 4.90 Å². The Morgan fingerprint density at radius 3 is 2.47 bits per heavy atom. The number of benzene rings is 3. The van der Waals surface area contributed by atoms with Gasteiger partial charge in [0.2, 0.25) is 0 Å². The number of likely N-dealkylation sites (tertiary alicyclic amines) is 1. The summed E-state index contributed by atoms with van der Waals surface area (Å²) in [5.41, 5.74) is 1.84. The Balaban J connectivity index is 1.36. The molecule has 1 atom stereocenters. The average molecular weight is 544 g/mol. The van der Waals surface area contributed by atoms with E-state index in [4.69, 9.17) is 9.47 Å². The molecule has 9 heteroatoms. The second-order valence-electron chi connectivity index (χ2n) is 9.51. The molecular formula is C29H28F3NO4S. The van der Waals surface area contributed by atoms with Gasteiger partial charge in [-0.15, -0.1) is 11.8 Å². The lowest BCUT2D eigenvalue weighted by atomic mass is 9.87. The van der Waals surface area contributed by atoms with Gasteiger partial charge in [-0.05, 0) is 60.2 Å². The van der Waals surface area contributed by atoms with Crippen molar-refractivity contribution in [3.05, 3.63) is 89.0 Å². The van der Waals surface area contributed by atoms with Gasteiger partial charge in [0.25, 0.3) is 0 Å². The Kier molecular flexibility index (Phi) is 7.74. The smallest absolute Gasteiger partial charge is 0.416 e. The molecule has 1 amide bonds. The van der Waals surface area contributed by atoms with Crippen LogP contribution in [-0.4, -0.2) is 35.8 Å². The summed E-state index contributed by atoms with van der Waals surface area (Å²) in [5, 5.41) is 9.26. The van der Waals surface area contributed by atoms with Gasteiger partial charge in [0.1, 0.15) is 17.6 Å². The molecule has 5 rings (SSSR count). The number of carbonyl (C=O) groups is 1. The molecule has 1 N–H and O–H groups in total. The second-order valence-corrected chi connectivity index (χ2v) is 10.6. The first kappa shape index (κ1) is 26.3. The second kappa shape index (κ2) is 11.2. The van der Waals surface area contributed by atoms with Gasteiger partial charge in [0.15, 0.2) is 0 Å². The van der Waals surface area contributed by atoms with Crippen molar-refractivity contribution < 1.29 is 32.5 Å². The van der Waals surface area contributed by atoms with Crippen molar-refractivity contribution in [2.75, 3.05) is 19.7 Å². The molecule has 38 heavy (non-hydrogen) atoms. The van der Waals surface area contributed by atoms with E-state index in [1.165, 1.54) is 22.6 Å². The van der Waals surface area contributed by atoms with Crippen molar-refractivity contribution in [2.45, 2.75) is 48.1 Å². The van der Waals surface area contributed by atoms with Crippen LogP contribution in [0.1, 0.15) is 53.5 Å². The van der Waals surface area contributed by atoms with E-state index in [-0.39, 0.29) is 25.1 Å². The SMILES string of the molecule is O=C(O)N1CCC(c2cc(C(F)(F)F)ccc2OC2CCOc3cc(SCc4ccccc4)ccc32)CC1. The monoisotopic (exact) mass is 543 g/mol. The molecule has 0 aromatic heterocycles. The number of alkyl halides is 3. The highest BCUT2D eigenvalue weighted by Gasteiger charge is 2.34. The summed E-state index contributed by atoms with van der Waals surface area (Å²) >= 11 is 1.71. The van der Waals surface area contributed by atoms with Crippen molar-refractivity contribution in [3.63, 3.8) is 0 Å². The van der Waals surface area contributed by atoms with Gasteiger partial charge in [-0.25, -0.2) is 4.79 Å². The number of ether oxygens (including phenoxy) is 2. The molecule has 0 radical (unpaired) electrons. The number of nitrogens with zero attached hydrogens (tertiary/aromatic N) is 1. The van der Waals surface area contributed by atoms with E-state index in [9.17, 15) is 23.1 Å². The Morgan fingerprint density at radius 1 is 1.00 bits per heavy atom. The van der Waals surface area contributed by atoms with Crippen LogP contribution in [0.25, 0.3) is 0 Å². The molecular weight excluding hydrogens is 515 g/mol. The van der Waals surface area contributed by atoms with Gasteiger partial charge >= 0.3 is 12.3 Å². The number of halogens is 3. The number of hydrogen-bond acceptors (Lipinski definition) is 4. The summed E-state index contributed by atoms with van der Waals surface area (Å²) in [7, 11) is 0. The van der Waals surface area contributed by atoms with E-state index < -0.39 is 17.8 Å². The van der Waals surface area contributed by atoms with Crippen LogP contribution in [-0.2, 0) is 11.9 Å². The van der Waals surface area contributed by atoms with Crippen LogP contribution in [0.4, 0.5) is 18.0 Å². The lowest BCUT2D eigenvalue weighted by Crippen LogP contribution is -2.37. The number of piperidine rings is 1. The summed E-state index contributed by atoms with van der Waals surface area (Å²) in [6.45, 7) is 0.996. The Bertz CT molecular complexity index is 1280. The molecule has 3 aromatic carbocycles. The lowest BCUT2D eigenvalue weighted by Gasteiger charge is -2.33. The van der Waals surface area contributed by atoms with Crippen molar-refractivity contribution in [3.8, 4) is 11.5 Å². The quantitative estimate of drug-likeness (QED) is 0.322. The number of thioether (sulfide) groups is 1. The minimum atomic E-state index is -4.48. The molecule has 200 valence electrons. The van der Waals surface area contributed by atoms with Crippen LogP contribution >= 0.6 is 11.8 Å². The largest absolute Gasteiger partial charge is 0.493 e. The van der Waals surface area contributed by atoms with E-state index in [2.05, 4.69) is 12.1 Å². The third-order valence-electron chi connectivity index (χ3n) is 7.03. The van der Waals surface area contributed by atoms with Crippen LogP contribution in [0.3, 0.4) is 0 Å². The van der Waals surface area contributed by atoms with Crippen molar-refractivity contribution in [1.29, 1.82) is 0 Å². The molecule has 0 spiro atoms. The van der Waals surface area contributed by atoms with Crippen LogP contribution in [0, 0.1) is 0 Å². The fraction of sp³-hybridized carbons (Fsp3) is 0.345. The molecule has 5 nitrogen and oxygen atoms in total. The van der Waals surface area contributed by atoms with Crippen LogP contribution in [0.2, 0.25) is 0 Å². The first-order valence-corrected chi connectivity index (χ1v) is 13.6. The molecule has 3 aromatic rings. The van der Waals surface area contributed by atoms with Crippen molar-refractivity contribution in [2.24, 2.45) is 0 Å². The molecule has 1 saturated heterocycles. The van der Waals surface area contributed by atoms with Gasteiger partial charge in [-0.1, -0.05) is 36.4 Å². The molecule has 1 fully saturated rings. The molecule has 0 aliphatic carbocycles. The first-order valence-electron chi connectivity index (χ1n) is 12.6. The van der Waals surface area contributed by atoms with Gasteiger partial charge in [-0.2, -0.15) is 13.2 Å². The normalized spacial score (nSPS) is 18.0. The minimum Gasteiger partial charge on any atom is -0.493 e. The topological polar surface area (TPSA) is 59.0 Å². The third kappa shape index (κ3) is 6.04. The lowest BCUT2D eigenvalue weighted by molar-refractivity contribution is -0.137. The predicted octanol–water partition coefficient (Wildman–Crippen LogP) is 7.76. The summed E-state index contributed by atoms with van der Waals surface area (Å²) in [4.78, 5) is 13.7. The Labute approximate surface area is 223 Å². The maximum atomic E-state index is 13.6. The molecule has 2 heterocycles. The number of carboxylic acid groups (broad SMARTS) is 1. The fourth-order valence-corrected chi connectivity index (χ4v) is 5.86. The summed E-state index contributed by atoms with van der Waals surface area (Å²) in [6.07, 6.45) is -4.40. The summed E-state index contributed by atoms with van der Waals surface area (Å²) in [6, 6.07) is 19.8. The maximum absolute atomic E-state index is 13.6. The van der Waals surface area contributed by atoms with E-state index in [0.717, 1.165) is 28.0 Å². The molecule has 1 unspecified atom stereocenters. The zero-order valence-electron chi connectivity index (χ0n) is 20.6. The number of rotatable bonds is 6. The van der Waals surface area contributed by atoms with Crippen molar-refractivity contribution >= 4 is 17.9 Å². The Hall–Kier alpha value is -3.33. The minimum absolute atomic E-state index is 0.223. The Morgan fingerprint density at radius 2 is 1.76 bits per heavy atom. The average Bonchev–Trinajstić information content (AvgIpc) is 2.92. The van der Waals surface area contributed by atoms with Gasteiger partial charge in [-0.3, -0.25) is 0 Å². The number of hydrogen-bond donors (Lipinski definition) is 1. The predicted molar refractivity (Wildman–Crippen MR) is 139 cm³/mol. The molecule has 2 aliphatic rings. The van der Waals surface area contributed by atoms with E-state index in [0.29, 0.717) is 37.2 Å². The van der Waals surface area contributed by atoms with Gasteiger partial charge in [0, 0.05) is 35.7 Å². The summed E-state index contributed by atoms with van der Waals surface area (Å²) in [5.74, 6) is 1.74. The van der Waals surface area contributed by atoms with Gasteiger partial charge in [0.05, 0.1) is 12.2 Å². The zero-order valence-corrected chi connectivity index (χ0v) is 21.4. The van der Waals surface area contributed by atoms with Crippen LogP contribution in [0.15, 0.2) is 71.6 Å². The number of amides is 1. The van der Waals surface area contributed by atoms with Crippen LogP contribution < -0.4 is 9.47 Å². The van der Waals surface area contributed by atoms with Gasteiger partial charge < -0.3 is 19.5 Å². The molecule has 0 saturated carbocycles. The highest BCUT2D eigenvalue weighted by molar-refractivity contribution is 7.98. The standard InChI is InChI=1S/C29H28F3NO4S/c30-29(31,32)21-6-9-25(24(16-21)20-10-13-33(14-11-20)28(34)35)37-26-12-15-36-27-17-22(7-8-23(26)27)38-18-19-4-2-1-3-5-19/h1-9,16-17,20,26H,10-15,18H2,(H,34,35). The highest BCUT2D eigenvalue weighted by atomic mass is 32.2. The first-order chi connectivity index (χ1) is 18.3. The van der Waals surface area contributed by atoms with E-state index in [1.807, 2.05) is 36.4 Å².